The van der Waals surface area contributed by atoms with Gasteiger partial charge in [0.05, 0.1) is 10.7 Å². The van der Waals surface area contributed by atoms with E-state index in [1.165, 1.54) is 6.07 Å². The molecule has 0 fully saturated rings. The summed E-state index contributed by atoms with van der Waals surface area (Å²) in [5.74, 6) is 1.11. The highest BCUT2D eigenvalue weighted by atomic mass is 32.2. The van der Waals surface area contributed by atoms with Gasteiger partial charge in [-0.2, -0.15) is 0 Å². The second-order valence-electron chi connectivity index (χ2n) is 6.56. The van der Waals surface area contributed by atoms with Crippen LogP contribution in [0.3, 0.4) is 0 Å². The minimum absolute atomic E-state index is 0.112. The monoisotopic (exact) mass is 440 g/mol. The Bertz CT molecular complexity index is 1100. The zero-order chi connectivity index (χ0) is 20.8. The van der Waals surface area contributed by atoms with Crippen molar-refractivity contribution in [3.63, 3.8) is 0 Å². The Hall–Kier alpha value is -2.71. The van der Waals surface area contributed by atoms with Crippen LogP contribution < -0.4 is 4.74 Å². The zero-order valence-electron chi connectivity index (χ0n) is 16.5. The van der Waals surface area contributed by atoms with Crippen molar-refractivity contribution in [1.82, 2.24) is 19.7 Å². The maximum atomic E-state index is 13.9. The van der Waals surface area contributed by atoms with E-state index in [4.69, 9.17) is 4.74 Å². The van der Waals surface area contributed by atoms with Gasteiger partial charge in [-0.1, -0.05) is 49.0 Å². The van der Waals surface area contributed by atoms with Gasteiger partial charge in [-0.3, -0.25) is 4.57 Å². The first kappa shape index (κ1) is 20.6. The Kier molecular flexibility index (Phi) is 6.76. The van der Waals surface area contributed by atoms with Crippen LogP contribution in [0.25, 0.3) is 5.69 Å². The molecule has 0 aliphatic heterocycles. The van der Waals surface area contributed by atoms with Crippen molar-refractivity contribution in [2.75, 3.05) is 0 Å². The first-order valence-electron chi connectivity index (χ1n) is 9.67. The molecule has 4 rings (SSSR count). The summed E-state index contributed by atoms with van der Waals surface area (Å²) in [7, 11) is 0. The second-order valence-corrected chi connectivity index (χ2v) is 8.45. The Morgan fingerprint density at radius 3 is 2.67 bits per heavy atom. The fourth-order valence-electron chi connectivity index (χ4n) is 2.91. The Morgan fingerprint density at radius 2 is 1.87 bits per heavy atom. The van der Waals surface area contributed by atoms with E-state index >= 15 is 0 Å². The topological polar surface area (TPSA) is 52.8 Å². The van der Waals surface area contributed by atoms with Crippen molar-refractivity contribution in [3.05, 3.63) is 82.3 Å². The van der Waals surface area contributed by atoms with Gasteiger partial charge in [0.15, 0.2) is 22.5 Å². The number of halogens is 1. The molecule has 0 radical (unpaired) electrons. The fourth-order valence-corrected chi connectivity index (χ4v) is 4.78. The van der Waals surface area contributed by atoms with Crippen molar-refractivity contribution in [3.8, 4) is 11.4 Å². The van der Waals surface area contributed by atoms with E-state index in [2.05, 4.69) is 27.5 Å². The molecule has 2 aromatic heterocycles. The predicted octanol–water partition coefficient (Wildman–Crippen LogP) is 5.69. The van der Waals surface area contributed by atoms with Crippen molar-refractivity contribution < 1.29 is 9.13 Å². The van der Waals surface area contributed by atoms with Crippen LogP contribution in [0.1, 0.15) is 29.9 Å². The van der Waals surface area contributed by atoms with Crippen LogP contribution in [0.2, 0.25) is 0 Å². The summed E-state index contributed by atoms with van der Waals surface area (Å²) in [5.41, 5.74) is 1.97. The molecule has 0 aliphatic rings. The maximum absolute atomic E-state index is 13.9. The summed E-state index contributed by atoms with van der Waals surface area (Å²) in [5, 5.41) is 12.7. The average molecular weight is 441 g/mol. The molecule has 0 aliphatic carbocycles. The lowest BCUT2D eigenvalue weighted by Crippen LogP contribution is -2.07. The van der Waals surface area contributed by atoms with E-state index in [0.717, 1.165) is 34.4 Å². The van der Waals surface area contributed by atoms with E-state index in [0.29, 0.717) is 11.6 Å². The van der Waals surface area contributed by atoms with Gasteiger partial charge >= 0.3 is 0 Å². The quantitative estimate of drug-likeness (QED) is 0.313. The number of rotatable bonds is 9. The Labute approximate surface area is 183 Å². The summed E-state index contributed by atoms with van der Waals surface area (Å²) in [6.07, 6.45) is 2.10. The smallest absolute Gasteiger partial charge is 0.196 e. The van der Waals surface area contributed by atoms with Crippen LogP contribution in [0.5, 0.6) is 5.75 Å². The van der Waals surface area contributed by atoms with Crippen LogP contribution >= 0.6 is 23.1 Å². The van der Waals surface area contributed by atoms with E-state index in [9.17, 15) is 4.39 Å². The van der Waals surface area contributed by atoms with Crippen LogP contribution in [-0.2, 0) is 18.8 Å². The van der Waals surface area contributed by atoms with E-state index in [1.807, 2.05) is 34.9 Å². The van der Waals surface area contributed by atoms with Gasteiger partial charge in [0.2, 0.25) is 0 Å². The normalized spacial score (nSPS) is 11.0. The predicted molar refractivity (Wildman–Crippen MR) is 118 cm³/mol. The molecule has 2 heterocycles. The van der Waals surface area contributed by atoms with Crippen molar-refractivity contribution in [2.24, 2.45) is 0 Å². The molecule has 0 unspecified atom stereocenters. The number of benzene rings is 2. The molecule has 2 aromatic carbocycles. The summed E-state index contributed by atoms with van der Waals surface area (Å²) in [6, 6.07) is 16.2. The lowest BCUT2D eigenvalue weighted by molar-refractivity contribution is 0.278. The number of thiazole rings is 1. The van der Waals surface area contributed by atoms with Gasteiger partial charge in [-0.05, 0) is 37.1 Å². The number of ether oxygens (including phenoxy) is 1. The molecule has 4 aromatic rings. The van der Waals surface area contributed by atoms with Gasteiger partial charge < -0.3 is 4.74 Å². The van der Waals surface area contributed by atoms with Crippen LogP contribution in [0.4, 0.5) is 4.39 Å². The van der Waals surface area contributed by atoms with Gasteiger partial charge in [0.25, 0.3) is 0 Å². The second kappa shape index (κ2) is 9.86. The number of hydrogen-bond acceptors (Lipinski definition) is 6. The van der Waals surface area contributed by atoms with Crippen LogP contribution in [0.15, 0.2) is 65.1 Å². The molecule has 0 spiro atoms. The molecule has 0 N–H and O–H groups in total. The largest absolute Gasteiger partial charge is 0.483 e. The van der Waals surface area contributed by atoms with E-state index in [1.54, 1.807) is 41.3 Å². The van der Waals surface area contributed by atoms with Crippen LogP contribution in [0, 0.1) is 5.82 Å². The summed E-state index contributed by atoms with van der Waals surface area (Å²) in [6.45, 7) is 2.27. The lowest BCUT2D eigenvalue weighted by Gasteiger charge is -2.11. The number of hydrogen-bond donors (Lipinski definition) is 0. The molecular weight excluding hydrogens is 419 g/mol. The highest BCUT2D eigenvalue weighted by molar-refractivity contribution is 7.98. The summed E-state index contributed by atoms with van der Waals surface area (Å²) in [4.78, 5) is 4.68. The third kappa shape index (κ3) is 4.88. The van der Waals surface area contributed by atoms with E-state index < -0.39 is 5.82 Å². The minimum Gasteiger partial charge on any atom is -0.483 e. The van der Waals surface area contributed by atoms with Gasteiger partial charge in [-0.25, -0.2) is 9.37 Å². The number of para-hydroxylation sites is 2. The molecule has 154 valence electrons. The van der Waals surface area contributed by atoms with E-state index in [-0.39, 0.29) is 12.4 Å². The summed E-state index contributed by atoms with van der Waals surface area (Å²) < 4.78 is 21.5. The fraction of sp³-hybridized carbons (Fsp3) is 0.227. The van der Waals surface area contributed by atoms with Crippen LogP contribution in [-0.4, -0.2) is 19.7 Å². The lowest BCUT2D eigenvalue weighted by atomic mass is 10.3. The molecule has 0 amide bonds. The van der Waals surface area contributed by atoms with Gasteiger partial charge in [0, 0.05) is 16.8 Å². The SMILES string of the molecule is CCCc1nc(CSc2nnc(COc3ccccc3F)n2-c2ccccc2)cs1. The molecule has 5 nitrogen and oxygen atoms in total. The zero-order valence-corrected chi connectivity index (χ0v) is 18.1. The molecule has 30 heavy (non-hydrogen) atoms. The molecular formula is C22H21FN4OS2. The van der Waals surface area contributed by atoms with Crippen molar-refractivity contribution in [1.29, 1.82) is 0 Å². The summed E-state index contributed by atoms with van der Waals surface area (Å²) >= 11 is 3.28. The first-order valence-corrected chi connectivity index (χ1v) is 11.5. The standard InChI is InChI=1S/C22H21FN4OS2/c1-2-8-21-24-16(14-29-21)15-30-22-26-25-20(27(22)17-9-4-3-5-10-17)13-28-19-12-7-6-11-18(19)23/h3-7,9-12,14H,2,8,13,15H2,1H3. The Morgan fingerprint density at radius 1 is 1.07 bits per heavy atom. The molecule has 0 saturated heterocycles. The van der Waals surface area contributed by atoms with Crippen molar-refractivity contribution >= 4 is 23.1 Å². The van der Waals surface area contributed by atoms with Gasteiger partial charge in [-0.15, -0.1) is 21.5 Å². The third-order valence-electron chi connectivity index (χ3n) is 4.32. The molecule has 0 atom stereocenters. The Balaban J connectivity index is 1.55. The minimum atomic E-state index is -0.399. The third-order valence-corrected chi connectivity index (χ3v) is 6.24. The number of aromatic nitrogens is 4. The number of thioether (sulfide) groups is 1. The molecule has 0 bridgehead atoms. The highest BCUT2D eigenvalue weighted by Gasteiger charge is 2.16. The first-order chi connectivity index (χ1) is 14.7. The van der Waals surface area contributed by atoms with Crippen molar-refractivity contribution in [2.45, 2.75) is 37.3 Å². The highest BCUT2D eigenvalue weighted by Crippen LogP contribution is 2.27. The molecule has 8 heteroatoms. The average Bonchev–Trinajstić information content (AvgIpc) is 3.39. The number of nitrogens with zero attached hydrogens (tertiary/aromatic N) is 4. The molecule has 0 saturated carbocycles. The maximum Gasteiger partial charge on any atom is 0.196 e. The number of aryl methyl sites for hydroxylation is 1. The van der Waals surface area contributed by atoms with Gasteiger partial charge in [0.1, 0.15) is 6.61 Å².